The summed E-state index contributed by atoms with van der Waals surface area (Å²) in [5, 5.41) is 14.7. The van der Waals surface area contributed by atoms with Crippen LogP contribution in [0.3, 0.4) is 0 Å². The van der Waals surface area contributed by atoms with E-state index >= 15 is 0 Å². The molecule has 0 saturated carbocycles. The second kappa shape index (κ2) is 12.5. The summed E-state index contributed by atoms with van der Waals surface area (Å²) in [5.41, 5.74) is 0.579. The lowest BCUT2D eigenvalue weighted by atomic mass is 10.1. The number of ether oxygens (including phenoxy) is 1. The molecule has 0 aliphatic carbocycles. The van der Waals surface area contributed by atoms with Crippen LogP contribution in [0.15, 0.2) is 54.6 Å². The van der Waals surface area contributed by atoms with Crippen molar-refractivity contribution in [1.29, 1.82) is 0 Å². The fourth-order valence-electron chi connectivity index (χ4n) is 4.43. The highest BCUT2D eigenvalue weighted by Gasteiger charge is 2.35. The number of carbonyl (C=O) groups is 3. The molecule has 3 N–H and O–H groups in total. The number of anilines is 1. The molecular weight excluding hydrogens is 462 g/mol. The molecule has 192 valence electrons. The molecule has 10 heteroatoms. The van der Waals surface area contributed by atoms with Gasteiger partial charge in [0.15, 0.2) is 0 Å². The fourth-order valence-corrected chi connectivity index (χ4v) is 4.43. The molecular formula is C26H33N5O5. The molecule has 0 aromatic heterocycles. The first kappa shape index (κ1) is 25.6. The van der Waals surface area contributed by atoms with Crippen molar-refractivity contribution in [3.63, 3.8) is 0 Å². The zero-order valence-corrected chi connectivity index (χ0v) is 20.3. The molecule has 2 aromatic carbocycles. The summed E-state index contributed by atoms with van der Waals surface area (Å²) in [6.07, 6.45) is -0.121. The van der Waals surface area contributed by atoms with Crippen LogP contribution in [-0.4, -0.2) is 103 Å². The number of nitrogens with zero attached hydrogens (tertiary/aromatic N) is 3. The van der Waals surface area contributed by atoms with Crippen molar-refractivity contribution < 1.29 is 24.2 Å². The Morgan fingerprint density at radius 3 is 2.31 bits per heavy atom. The monoisotopic (exact) mass is 495 g/mol. The summed E-state index contributed by atoms with van der Waals surface area (Å²) in [6, 6.07) is 15.5. The van der Waals surface area contributed by atoms with Crippen molar-refractivity contribution in [3.8, 4) is 11.5 Å². The second-order valence-electron chi connectivity index (χ2n) is 8.93. The number of β-amino-alcohol motifs (C(OH)–C–C–N with tert-alkyl or cyclic N) is 1. The van der Waals surface area contributed by atoms with Gasteiger partial charge in [-0.05, 0) is 36.4 Å². The van der Waals surface area contributed by atoms with E-state index in [1.54, 1.807) is 24.3 Å². The smallest absolute Gasteiger partial charge is 0.243 e. The number of piperazine rings is 2. The number of benzene rings is 2. The molecule has 4 rings (SSSR count). The van der Waals surface area contributed by atoms with Crippen LogP contribution < -0.4 is 15.4 Å². The van der Waals surface area contributed by atoms with Gasteiger partial charge in [0, 0.05) is 51.5 Å². The molecule has 10 nitrogen and oxygen atoms in total. The van der Waals surface area contributed by atoms with Crippen LogP contribution >= 0.6 is 0 Å². The van der Waals surface area contributed by atoms with E-state index in [0.29, 0.717) is 31.1 Å². The Hall–Kier alpha value is -3.47. The minimum Gasteiger partial charge on any atom is -0.457 e. The van der Waals surface area contributed by atoms with Crippen LogP contribution in [0.5, 0.6) is 11.5 Å². The number of carbonyl (C=O) groups excluding carboxylic acids is 3. The maximum absolute atomic E-state index is 13.1. The molecule has 2 fully saturated rings. The van der Waals surface area contributed by atoms with Gasteiger partial charge in [-0.2, -0.15) is 0 Å². The Bertz CT molecular complexity index is 1020. The lowest BCUT2D eigenvalue weighted by Crippen LogP contribution is -2.60. The topological polar surface area (TPSA) is 114 Å². The number of nitrogens with one attached hydrogen (secondary N) is 2. The van der Waals surface area contributed by atoms with Gasteiger partial charge in [-0.25, -0.2) is 0 Å². The Kier molecular flexibility index (Phi) is 8.88. The summed E-state index contributed by atoms with van der Waals surface area (Å²) in [5.74, 6) is 0.545. The summed E-state index contributed by atoms with van der Waals surface area (Å²) in [4.78, 5) is 44.1. The standard InChI is InChI=1S/C26H33N5O5/c32-17-16-29-12-14-30(15-13-29)19-25(34)31-11-10-27-26(35)23(31)18-24(33)28-20-6-8-22(9-7-20)36-21-4-2-1-3-5-21/h1-9,23,32H,10-19H2,(H,27,35)(H,28,33)/t23-/m0/s1. The van der Waals surface area contributed by atoms with Gasteiger partial charge < -0.3 is 25.4 Å². The van der Waals surface area contributed by atoms with E-state index in [1.807, 2.05) is 30.3 Å². The number of rotatable bonds is 9. The average Bonchev–Trinajstić information content (AvgIpc) is 2.88. The molecule has 0 radical (unpaired) electrons. The average molecular weight is 496 g/mol. The Morgan fingerprint density at radius 2 is 1.61 bits per heavy atom. The number of aliphatic hydroxyl groups is 1. The number of aliphatic hydroxyl groups excluding tert-OH is 1. The first-order chi connectivity index (χ1) is 17.5. The Labute approximate surface area is 210 Å². The van der Waals surface area contributed by atoms with Crippen molar-refractivity contribution in [2.75, 3.05) is 64.3 Å². The Balaban J connectivity index is 1.30. The van der Waals surface area contributed by atoms with Gasteiger partial charge in [0.25, 0.3) is 0 Å². The lowest BCUT2D eigenvalue weighted by molar-refractivity contribution is -0.145. The molecule has 2 saturated heterocycles. The molecule has 3 amide bonds. The molecule has 2 aliphatic heterocycles. The van der Waals surface area contributed by atoms with Gasteiger partial charge in [0.05, 0.1) is 19.6 Å². The van der Waals surface area contributed by atoms with Crippen molar-refractivity contribution in [2.45, 2.75) is 12.5 Å². The zero-order chi connectivity index (χ0) is 25.3. The van der Waals surface area contributed by atoms with Crippen molar-refractivity contribution in [3.05, 3.63) is 54.6 Å². The molecule has 2 aliphatic rings. The predicted octanol–water partition coefficient (Wildman–Crippen LogP) is 0.744. The quantitative estimate of drug-likeness (QED) is 0.470. The molecule has 2 aromatic rings. The largest absolute Gasteiger partial charge is 0.457 e. The number of hydrogen-bond donors (Lipinski definition) is 3. The van der Waals surface area contributed by atoms with Gasteiger partial charge in [0.2, 0.25) is 17.7 Å². The number of hydrogen-bond acceptors (Lipinski definition) is 7. The molecule has 2 heterocycles. The van der Waals surface area contributed by atoms with E-state index in [0.717, 1.165) is 31.9 Å². The Morgan fingerprint density at radius 1 is 0.944 bits per heavy atom. The maximum Gasteiger partial charge on any atom is 0.243 e. The molecule has 0 unspecified atom stereocenters. The van der Waals surface area contributed by atoms with Crippen molar-refractivity contribution >= 4 is 23.4 Å². The summed E-state index contributed by atoms with van der Waals surface area (Å²) >= 11 is 0. The van der Waals surface area contributed by atoms with Crippen LogP contribution in [0.4, 0.5) is 5.69 Å². The van der Waals surface area contributed by atoms with E-state index < -0.39 is 6.04 Å². The molecule has 0 spiro atoms. The van der Waals surface area contributed by atoms with Crippen LogP contribution in [0.1, 0.15) is 6.42 Å². The highest BCUT2D eigenvalue weighted by molar-refractivity contribution is 5.97. The van der Waals surface area contributed by atoms with E-state index in [1.165, 1.54) is 4.90 Å². The van der Waals surface area contributed by atoms with Crippen molar-refractivity contribution in [1.82, 2.24) is 20.0 Å². The van der Waals surface area contributed by atoms with Crippen LogP contribution in [0, 0.1) is 0 Å². The highest BCUT2D eigenvalue weighted by Crippen LogP contribution is 2.23. The third kappa shape index (κ3) is 7.03. The van der Waals surface area contributed by atoms with Gasteiger partial charge >= 0.3 is 0 Å². The number of para-hydroxylation sites is 1. The number of amides is 3. The first-order valence-electron chi connectivity index (χ1n) is 12.3. The van der Waals surface area contributed by atoms with E-state index in [-0.39, 0.29) is 37.3 Å². The van der Waals surface area contributed by atoms with Gasteiger partial charge in [-0.3, -0.25) is 24.2 Å². The highest BCUT2D eigenvalue weighted by atomic mass is 16.5. The summed E-state index contributed by atoms with van der Waals surface area (Å²) in [6.45, 7) is 4.73. The maximum atomic E-state index is 13.1. The van der Waals surface area contributed by atoms with Gasteiger partial charge in [0.1, 0.15) is 17.5 Å². The third-order valence-electron chi connectivity index (χ3n) is 6.39. The van der Waals surface area contributed by atoms with Gasteiger partial charge in [-0.1, -0.05) is 18.2 Å². The van der Waals surface area contributed by atoms with E-state index in [2.05, 4.69) is 20.4 Å². The molecule has 36 heavy (non-hydrogen) atoms. The van der Waals surface area contributed by atoms with Crippen LogP contribution in [-0.2, 0) is 14.4 Å². The van der Waals surface area contributed by atoms with E-state index in [9.17, 15) is 14.4 Å². The third-order valence-corrected chi connectivity index (χ3v) is 6.39. The van der Waals surface area contributed by atoms with Crippen molar-refractivity contribution in [2.24, 2.45) is 0 Å². The van der Waals surface area contributed by atoms with Gasteiger partial charge in [-0.15, -0.1) is 0 Å². The first-order valence-corrected chi connectivity index (χ1v) is 12.3. The minimum atomic E-state index is -0.845. The van der Waals surface area contributed by atoms with Crippen LogP contribution in [0.25, 0.3) is 0 Å². The minimum absolute atomic E-state index is 0.121. The lowest BCUT2D eigenvalue weighted by Gasteiger charge is -2.38. The zero-order valence-electron chi connectivity index (χ0n) is 20.3. The molecule has 1 atom stereocenters. The second-order valence-corrected chi connectivity index (χ2v) is 8.93. The predicted molar refractivity (Wildman–Crippen MR) is 135 cm³/mol. The summed E-state index contributed by atoms with van der Waals surface area (Å²) in [7, 11) is 0. The van der Waals surface area contributed by atoms with Crippen LogP contribution in [0.2, 0.25) is 0 Å². The summed E-state index contributed by atoms with van der Waals surface area (Å²) < 4.78 is 5.77. The fraction of sp³-hybridized carbons (Fsp3) is 0.423. The molecule has 0 bridgehead atoms. The SMILES string of the molecule is O=C(C[C@H]1C(=O)NCCN1C(=O)CN1CCN(CCO)CC1)Nc1ccc(Oc2ccccc2)cc1. The normalized spacial score (nSPS) is 19.0. The van der Waals surface area contributed by atoms with E-state index in [4.69, 9.17) is 9.84 Å².